The van der Waals surface area contributed by atoms with Crippen molar-refractivity contribution in [2.45, 2.75) is 31.9 Å². The molecule has 2 heterocycles. The zero-order valence-electron chi connectivity index (χ0n) is 20.4. The molecule has 0 amide bonds. The zero-order valence-corrected chi connectivity index (χ0v) is 20.4. The number of aromatic nitrogens is 5. The third-order valence-corrected chi connectivity index (χ3v) is 6.11. The molecule has 0 radical (unpaired) electrons. The third-order valence-electron chi connectivity index (χ3n) is 6.11. The summed E-state index contributed by atoms with van der Waals surface area (Å²) in [7, 11) is 0. The largest absolute Gasteiger partial charge is 0.573 e. The second-order valence-electron chi connectivity index (χ2n) is 9.26. The molecule has 1 fully saturated rings. The highest BCUT2D eigenvalue weighted by Gasteiger charge is 2.45. The molecule has 0 N–H and O–H groups in total. The van der Waals surface area contributed by atoms with E-state index in [4.69, 9.17) is 4.74 Å². The summed E-state index contributed by atoms with van der Waals surface area (Å²) >= 11 is 0. The van der Waals surface area contributed by atoms with E-state index in [1.165, 1.54) is 41.1 Å². The summed E-state index contributed by atoms with van der Waals surface area (Å²) in [5, 5.41) is 15.7. The first-order valence-corrected chi connectivity index (χ1v) is 11.8. The van der Waals surface area contributed by atoms with Crippen LogP contribution in [0.25, 0.3) is 22.0 Å². The number of ether oxygens (including phenoxy) is 3. The van der Waals surface area contributed by atoms with Gasteiger partial charge in [0.1, 0.15) is 11.3 Å². The minimum absolute atomic E-state index is 0.0823. The molecule has 1 saturated carbocycles. The molecule has 5 rings (SSSR count). The molecule has 1 aliphatic rings. The van der Waals surface area contributed by atoms with Crippen LogP contribution in [-0.2, 0) is 6.54 Å². The number of rotatable bonds is 9. The number of benzene rings is 2. The van der Waals surface area contributed by atoms with Gasteiger partial charge in [0, 0.05) is 17.5 Å². The number of hydrogen-bond acceptors (Lipinski definition) is 8. The van der Waals surface area contributed by atoms with E-state index in [2.05, 4.69) is 30.0 Å². The minimum Gasteiger partial charge on any atom is -0.476 e. The van der Waals surface area contributed by atoms with Crippen LogP contribution in [0.5, 0.6) is 17.5 Å². The predicted octanol–water partition coefficient (Wildman–Crippen LogP) is 4.95. The monoisotopic (exact) mass is 567 g/mol. The second-order valence-corrected chi connectivity index (χ2v) is 9.26. The van der Waals surface area contributed by atoms with Gasteiger partial charge in [-0.05, 0) is 48.2 Å². The molecule has 1 aliphatic carbocycles. The van der Waals surface area contributed by atoms with Gasteiger partial charge in [0.2, 0.25) is 11.8 Å². The maximum Gasteiger partial charge on any atom is 0.573 e. The average molecular weight is 567 g/mol. The van der Waals surface area contributed by atoms with E-state index in [1.807, 2.05) is 0 Å². The Morgan fingerprint density at radius 2 is 1.48 bits per heavy atom. The van der Waals surface area contributed by atoms with E-state index in [0.29, 0.717) is 16.6 Å². The van der Waals surface area contributed by atoms with E-state index in [1.54, 1.807) is 18.2 Å². The summed E-state index contributed by atoms with van der Waals surface area (Å²) < 4.78 is 89.4. The number of nitrogens with zero attached hydrogens (tertiary/aromatic N) is 5. The smallest absolute Gasteiger partial charge is 0.476 e. The van der Waals surface area contributed by atoms with Gasteiger partial charge in [-0.25, -0.2) is 4.68 Å². The Balaban J connectivity index is 1.27. The van der Waals surface area contributed by atoms with Crippen LogP contribution in [0.15, 0.2) is 59.4 Å². The van der Waals surface area contributed by atoms with E-state index in [9.17, 15) is 31.1 Å². The van der Waals surface area contributed by atoms with Crippen LogP contribution in [-0.4, -0.2) is 50.9 Å². The van der Waals surface area contributed by atoms with Crippen molar-refractivity contribution in [1.29, 1.82) is 0 Å². The minimum atomic E-state index is -4.80. The topological polar surface area (TPSA) is 101 Å². The fourth-order valence-corrected chi connectivity index (χ4v) is 3.90. The molecule has 15 heteroatoms. The normalized spacial score (nSPS) is 14.7. The Labute approximate surface area is 221 Å². The van der Waals surface area contributed by atoms with E-state index >= 15 is 0 Å². The van der Waals surface area contributed by atoms with Crippen LogP contribution in [0.1, 0.15) is 12.8 Å². The van der Waals surface area contributed by atoms with Crippen molar-refractivity contribution in [3.8, 4) is 28.6 Å². The van der Waals surface area contributed by atoms with Gasteiger partial charge in [0.25, 0.3) is 5.56 Å². The number of fused-ring (bicyclic) bond motifs is 1. The Hall–Kier alpha value is -4.43. The van der Waals surface area contributed by atoms with Gasteiger partial charge in [-0.15, -0.1) is 28.5 Å². The van der Waals surface area contributed by atoms with Gasteiger partial charge in [0.15, 0.2) is 6.61 Å². The SMILES string of the molecule is O=c1c2cc(-c3ccc(OC(F)(F)F)cc3)ccc2nnn1CC1(COc2ccc(OCC(F)(F)F)nn2)CC1. The summed E-state index contributed by atoms with van der Waals surface area (Å²) in [5.41, 5.74) is 0.688. The van der Waals surface area contributed by atoms with Crippen molar-refractivity contribution < 1.29 is 40.6 Å². The quantitative estimate of drug-likeness (QED) is 0.262. The predicted molar refractivity (Wildman–Crippen MR) is 127 cm³/mol. The first-order valence-electron chi connectivity index (χ1n) is 11.8. The highest BCUT2D eigenvalue weighted by molar-refractivity contribution is 5.83. The van der Waals surface area contributed by atoms with Gasteiger partial charge >= 0.3 is 12.5 Å². The molecule has 4 aromatic rings. The Bertz CT molecular complexity index is 1550. The van der Waals surface area contributed by atoms with Crippen molar-refractivity contribution in [3.63, 3.8) is 0 Å². The number of alkyl halides is 6. The van der Waals surface area contributed by atoms with Crippen molar-refractivity contribution in [3.05, 3.63) is 65.0 Å². The number of hydrogen-bond donors (Lipinski definition) is 0. The molecule has 40 heavy (non-hydrogen) atoms. The average Bonchev–Trinajstić information content (AvgIpc) is 3.67. The molecule has 0 saturated heterocycles. The van der Waals surface area contributed by atoms with Crippen molar-refractivity contribution >= 4 is 10.9 Å². The Morgan fingerprint density at radius 3 is 2.08 bits per heavy atom. The summed E-state index contributed by atoms with van der Waals surface area (Å²) in [6.07, 6.45) is -7.84. The lowest BCUT2D eigenvalue weighted by Crippen LogP contribution is -2.30. The molecule has 0 spiro atoms. The van der Waals surface area contributed by atoms with Gasteiger partial charge < -0.3 is 14.2 Å². The maximum absolute atomic E-state index is 13.2. The summed E-state index contributed by atoms with van der Waals surface area (Å²) in [4.78, 5) is 13.2. The molecular weight excluding hydrogens is 548 g/mol. The van der Waals surface area contributed by atoms with E-state index < -0.39 is 30.1 Å². The standard InChI is InChI=1S/C25H19F6N5O4/c26-24(27,28)14-39-21-8-7-20(33-34-21)38-13-23(9-10-23)12-36-22(37)18-11-16(3-6-19(18)32-35-36)15-1-4-17(5-2-15)40-25(29,30)31/h1-8,11H,9-10,12-14H2. The summed E-state index contributed by atoms with van der Waals surface area (Å²) in [5.74, 6) is -0.577. The van der Waals surface area contributed by atoms with E-state index in [0.717, 1.165) is 12.8 Å². The van der Waals surface area contributed by atoms with Crippen LogP contribution in [0, 0.1) is 5.41 Å². The lowest BCUT2D eigenvalue weighted by molar-refractivity contribution is -0.274. The lowest BCUT2D eigenvalue weighted by Gasteiger charge is -2.16. The third kappa shape index (κ3) is 6.76. The Morgan fingerprint density at radius 1 is 0.825 bits per heavy atom. The fourth-order valence-electron chi connectivity index (χ4n) is 3.90. The highest BCUT2D eigenvalue weighted by atomic mass is 19.4. The fraction of sp³-hybridized carbons (Fsp3) is 0.320. The number of halogens is 6. The van der Waals surface area contributed by atoms with Gasteiger partial charge in [-0.2, -0.15) is 13.2 Å². The highest BCUT2D eigenvalue weighted by Crippen LogP contribution is 2.47. The molecule has 2 aromatic heterocycles. The first-order chi connectivity index (χ1) is 18.9. The molecule has 0 unspecified atom stereocenters. The molecule has 0 atom stereocenters. The van der Waals surface area contributed by atoms with Crippen LogP contribution in [0.2, 0.25) is 0 Å². The summed E-state index contributed by atoms with van der Waals surface area (Å²) in [6.45, 7) is -1.14. The van der Waals surface area contributed by atoms with Gasteiger partial charge in [-0.1, -0.05) is 23.4 Å². The molecule has 0 bridgehead atoms. The maximum atomic E-state index is 13.2. The van der Waals surface area contributed by atoms with Crippen LogP contribution < -0.4 is 19.8 Å². The Kier molecular flexibility index (Phi) is 6.98. The van der Waals surface area contributed by atoms with Gasteiger partial charge in [-0.3, -0.25) is 4.79 Å². The molecule has 0 aliphatic heterocycles. The molecule has 2 aromatic carbocycles. The second kappa shape index (κ2) is 10.3. The van der Waals surface area contributed by atoms with Crippen molar-refractivity contribution in [1.82, 2.24) is 25.2 Å². The molecular formula is C25H19F6N5O4. The van der Waals surface area contributed by atoms with E-state index in [-0.39, 0.29) is 36.0 Å². The molecule has 210 valence electrons. The van der Waals surface area contributed by atoms with Crippen LogP contribution in [0.3, 0.4) is 0 Å². The summed E-state index contributed by atoms with van der Waals surface area (Å²) in [6, 6.07) is 12.7. The van der Waals surface area contributed by atoms with Crippen LogP contribution in [0.4, 0.5) is 26.3 Å². The lowest BCUT2D eigenvalue weighted by atomic mass is 10.0. The first kappa shape index (κ1) is 27.1. The van der Waals surface area contributed by atoms with Crippen LogP contribution >= 0.6 is 0 Å². The zero-order chi connectivity index (χ0) is 28.5. The van der Waals surface area contributed by atoms with Crippen molar-refractivity contribution in [2.75, 3.05) is 13.2 Å². The molecule has 9 nitrogen and oxygen atoms in total. The van der Waals surface area contributed by atoms with Crippen molar-refractivity contribution in [2.24, 2.45) is 5.41 Å². The van der Waals surface area contributed by atoms with Gasteiger partial charge in [0.05, 0.1) is 18.5 Å².